The quantitative estimate of drug-likeness (QED) is 0.738. The predicted octanol–water partition coefficient (Wildman–Crippen LogP) is 4.29. The van der Waals surface area contributed by atoms with Gasteiger partial charge in [-0.15, -0.1) is 0 Å². The molecule has 0 aliphatic rings. The van der Waals surface area contributed by atoms with E-state index in [0.717, 1.165) is 11.3 Å². The molecule has 0 amide bonds. The second-order valence-corrected chi connectivity index (χ2v) is 5.35. The van der Waals surface area contributed by atoms with Crippen LogP contribution >= 0.6 is 0 Å². The number of hydrogen-bond acceptors (Lipinski definition) is 4. The van der Waals surface area contributed by atoms with Crippen molar-refractivity contribution in [2.24, 2.45) is 0 Å². The molecule has 3 aromatic rings. The Bertz CT molecular complexity index is 770. The predicted molar refractivity (Wildman–Crippen MR) is 93.9 cm³/mol. The van der Waals surface area contributed by atoms with E-state index in [4.69, 9.17) is 10.5 Å². The molecule has 3 rings (SSSR count). The van der Waals surface area contributed by atoms with Crippen LogP contribution in [0.25, 0.3) is 0 Å². The molecular formula is C19H19N3O. The standard InChI is InChI=1S/C19H19N3O/c1-14-7-9-16(10-8-14)21-19-17(20)11-12-18(22-19)23-13-15-5-3-2-4-6-15/h2-12H,13,20H2,1H3,(H,21,22). The third kappa shape index (κ3) is 4.01. The molecule has 3 N–H and O–H groups in total. The fraction of sp³-hybridized carbons (Fsp3) is 0.105. The molecule has 0 unspecified atom stereocenters. The Labute approximate surface area is 135 Å². The number of nitrogens with two attached hydrogens (primary N) is 1. The minimum atomic E-state index is 0.474. The summed E-state index contributed by atoms with van der Waals surface area (Å²) < 4.78 is 5.74. The van der Waals surface area contributed by atoms with Gasteiger partial charge in [0, 0.05) is 11.8 Å². The Morgan fingerprint density at radius 3 is 2.43 bits per heavy atom. The average Bonchev–Trinajstić information content (AvgIpc) is 2.58. The fourth-order valence-electron chi connectivity index (χ4n) is 2.14. The minimum absolute atomic E-state index is 0.474. The van der Waals surface area contributed by atoms with Crippen LogP contribution in [0.4, 0.5) is 17.2 Å². The second kappa shape index (κ2) is 6.83. The van der Waals surface area contributed by atoms with Gasteiger partial charge in [-0.2, -0.15) is 4.98 Å². The number of nitrogens with zero attached hydrogens (tertiary/aromatic N) is 1. The molecule has 0 aliphatic heterocycles. The van der Waals surface area contributed by atoms with Crippen LogP contribution in [0.5, 0.6) is 5.88 Å². The third-order valence-corrected chi connectivity index (χ3v) is 3.44. The number of aromatic nitrogens is 1. The van der Waals surface area contributed by atoms with E-state index in [-0.39, 0.29) is 0 Å². The molecule has 0 saturated heterocycles. The van der Waals surface area contributed by atoms with E-state index in [1.807, 2.05) is 54.6 Å². The van der Waals surface area contributed by atoms with Gasteiger partial charge in [0.1, 0.15) is 6.61 Å². The first-order valence-electron chi connectivity index (χ1n) is 7.47. The van der Waals surface area contributed by atoms with Gasteiger partial charge >= 0.3 is 0 Å². The van der Waals surface area contributed by atoms with Crippen molar-refractivity contribution in [3.8, 4) is 5.88 Å². The fourth-order valence-corrected chi connectivity index (χ4v) is 2.14. The van der Waals surface area contributed by atoms with Gasteiger partial charge in [0.05, 0.1) is 5.69 Å². The molecule has 0 radical (unpaired) electrons. The Balaban J connectivity index is 1.72. The Kier molecular flexibility index (Phi) is 4.43. The van der Waals surface area contributed by atoms with Crippen LogP contribution in [0.2, 0.25) is 0 Å². The molecule has 1 heterocycles. The summed E-state index contributed by atoms with van der Waals surface area (Å²) in [5, 5.41) is 3.22. The highest BCUT2D eigenvalue weighted by Crippen LogP contribution is 2.24. The van der Waals surface area contributed by atoms with Gasteiger partial charge in [-0.1, -0.05) is 48.0 Å². The maximum Gasteiger partial charge on any atom is 0.215 e. The van der Waals surface area contributed by atoms with Crippen LogP contribution in [0.1, 0.15) is 11.1 Å². The summed E-state index contributed by atoms with van der Waals surface area (Å²) in [5.41, 5.74) is 9.82. The zero-order valence-corrected chi connectivity index (χ0v) is 13.0. The highest BCUT2D eigenvalue weighted by molar-refractivity contribution is 5.69. The SMILES string of the molecule is Cc1ccc(Nc2nc(OCc3ccccc3)ccc2N)cc1. The van der Waals surface area contributed by atoms with Crippen LogP contribution in [-0.2, 0) is 6.61 Å². The van der Waals surface area contributed by atoms with Gasteiger partial charge in [0.15, 0.2) is 5.82 Å². The van der Waals surface area contributed by atoms with E-state index in [9.17, 15) is 0 Å². The first-order valence-corrected chi connectivity index (χ1v) is 7.47. The van der Waals surface area contributed by atoms with Gasteiger partial charge in [-0.05, 0) is 30.7 Å². The number of benzene rings is 2. The van der Waals surface area contributed by atoms with E-state index >= 15 is 0 Å². The van der Waals surface area contributed by atoms with Crippen molar-refractivity contribution >= 4 is 17.2 Å². The zero-order valence-electron chi connectivity index (χ0n) is 13.0. The smallest absolute Gasteiger partial charge is 0.215 e. The molecule has 0 spiro atoms. The number of ether oxygens (including phenoxy) is 1. The van der Waals surface area contributed by atoms with E-state index in [0.29, 0.717) is 24.0 Å². The lowest BCUT2D eigenvalue weighted by Crippen LogP contribution is -2.02. The molecule has 0 aliphatic carbocycles. The lowest BCUT2D eigenvalue weighted by Gasteiger charge is -2.11. The molecule has 0 atom stereocenters. The maximum atomic E-state index is 5.99. The Morgan fingerprint density at radius 1 is 0.957 bits per heavy atom. The normalized spacial score (nSPS) is 10.3. The van der Waals surface area contributed by atoms with E-state index in [1.54, 1.807) is 12.1 Å². The van der Waals surface area contributed by atoms with Crippen molar-refractivity contribution in [3.05, 3.63) is 77.9 Å². The van der Waals surface area contributed by atoms with Crippen molar-refractivity contribution in [2.45, 2.75) is 13.5 Å². The van der Waals surface area contributed by atoms with E-state index in [2.05, 4.69) is 17.2 Å². The summed E-state index contributed by atoms with van der Waals surface area (Å²) in [6, 6.07) is 21.6. The number of nitrogen functional groups attached to an aromatic ring is 1. The van der Waals surface area contributed by atoms with Gasteiger partial charge in [-0.25, -0.2) is 0 Å². The van der Waals surface area contributed by atoms with Crippen molar-refractivity contribution in [1.82, 2.24) is 4.98 Å². The number of nitrogens with one attached hydrogen (secondary N) is 1. The van der Waals surface area contributed by atoms with Crippen molar-refractivity contribution in [1.29, 1.82) is 0 Å². The van der Waals surface area contributed by atoms with Crippen LogP contribution in [0, 0.1) is 6.92 Å². The van der Waals surface area contributed by atoms with Gasteiger partial charge in [0.25, 0.3) is 0 Å². The number of rotatable bonds is 5. The highest BCUT2D eigenvalue weighted by atomic mass is 16.5. The molecule has 116 valence electrons. The molecule has 23 heavy (non-hydrogen) atoms. The first kappa shape index (κ1) is 14.9. The summed E-state index contributed by atoms with van der Waals surface area (Å²) in [4.78, 5) is 4.45. The molecule has 0 bridgehead atoms. The second-order valence-electron chi connectivity index (χ2n) is 5.35. The lowest BCUT2D eigenvalue weighted by atomic mass is 10.2. The van der Waals surface area contributed by atoms with Crippen LogP contribution in [0.3, 0.4) is 0 Å². The summed E-state index contributed by atoms with van der Waals surface area (Å²) in [7, 11) is 0. The summed E-state index contributed by atoms with van der Waals surface area (Å²) in [6.45, 7) is 2.52. The summed E-state index contributed by atoms with van der Waals surface area (Å²) >= 11 is 0. The largest absolute Gasteiger partial charge is 0.473 e. The van der Waals surface area contributed by atoms with Gasteiger partial charge < -0.3 is 15.8 Å². The van der Waals surface area contributed by atoms with Crippen LogP contribution in [-0.4, -0.2) is 4.98 Å². The van der Waals surface area contributed by atoms with Gasteiger partial charge in [-0.3, -0.25) is 0 Å². The monoisotopic (exact) mass is 305 g/mol. The van der Waals surface area contributed by atoms with Crippen molar-refractivity contribution in [3.63, 3.8) is 0 Å². The number of aryl methyl sites for hydroxylation is 1. The molecule has 0 saturated carbocycles. The Morgan fingerprint density at radius 2 is 1.70 bits per heavy atom. The number of anilines is 3. The average molecular weight is 305 g/mol. The van der Waals surface area contributed by atoms with Crippen molar-refractivity contribution < 1.29 is 4.74 Å². The zero-order chi connectivity index (χ0) is 16.1. The minimum Gasteiger partial charge on any atom is -0.473 e. The molecular weight excluding hydrogens is 286 g/mol. The molecule has 4 heteroatoms. The molecule has 1 aromatic heterocycles. The van der Waals surface area contributed by atoms with Crippen LogP contribution < -0.4 is 15.8 Å². The van der Waals surface area contributed by atoms with Gasteiger partial charge in [0.2, 0.25) is 5.88 Å². The van der Waals surface area contributed by atoms with E-state index in [1.165, 1.54) is 5.56 Å². The van der Waals surface area contributed by atoms with E-state index < -0.39 is 0 Å². The first-order chi connectivity index (χ1) is 11.2. The topological polar surface area (TPSA) is 60.2 Å². The number of pyridine rings is 1. The van der Waals surface area contributed by atoms with Crippen molar-refractivity contribution in [2.75, 3.05) is 11.1 Å². The summed E-state index contributed by atoms with van der Waals surface area (Å²) in [5.74, 6) is 1.14. The molecule has 0 fully saturated rings. The molecule has 2 aromatic carbocycles. The maximum absolute atomic E-state index is 5.99. The lowest BCUT2D eigenvalue weighted by molar-refractivity contribution is 0.294. The number of hydrogen-bond donors (Lipinski definition) is 2. The Hall–Kier alpha value is -3.01. The van der Waals surface area contributed by atoms with Crippen LogP contribution in [0.15, 0.2) is 66.7 Å². The highest BCUT2D eigenvalue weighted by Gasteiger charge is 2.05. The molecule has 4 nitrogen and oxygen atoms in total. The summed E-state index contributed by atoms with van der Waals surface area (Å²) in [6.07, 6.45) is 0. The third-order valence-electron chi connectivity index (χ3n) is 3.44.